The molecule has 8 nitrogen and oxygen atoms in total. The third kappa shape index (κ3) is 16.5. The van der Waals surface area contributed by atoms with Gasteiger partial charge < -0.3 is 29.3 Å². The number of likely N-dealkylation sites (N-methyl/N-ethyl adjacent to an activating group) is 1. The van der Waals surface area contributed by atoms with Crippen molar-refractivity contribution < 1.29 is 32.9 Å². The Morgan fingerprint density at radius 1 is 1.08 bits per heavy atom. The molecule has 9 heteroatoms. The molecule has 0 aromatic heterocycles. The van der Waals surface area contributed by atoms with Crippen molar-refractivity contribution >= 4 is 13.6 Å². The lowest BCUT2D eigenvalue weighted by Gasteiger charge is -2.30. The largest absolute Gasteiger partial charge is 0.756 e. The van der Waals surface area contributed by atoms with Gasteiger partial charge in [-0.15, -0.1) is 0 Å². The van der Waals surface area contributed by atoms with E-state index >= 15 is 0 Å². The average Bonchev–Trinajstić information content (AvgIpc) is 2.45. The van der Waals surface area contributed by atoms with E-state index in [1.807, 2.05) is 14.1 Å². The molecule has 0 spiro atoms. The molecule has 0 aromatic carbocycles. The fourth-order valence-electron chi connectivity index (χ4n) is 2.07. The first-order chi connectivity index (χ1) is 11.2. The lowest BCUT2D eigenvalue weighted by molar-refractivity contribution is -0.890. The zero-order valence-corrected chi connectivity index (χ0v) is 15.8. The molecule has 0 amide bonds. The van der Waals surface area contributed by atoms with E-state index in [9.17, 15) is 14.3 Å². The minimum Gasteiger partial charge on any atom is -0.756 e. The Morgan fingerprint density at radius 2 is 1.71 bits per heavy atom. The molecule has 0 aromatic rings. The summed E-state index contributed by atoms with van der Waals surface area (Å²) in [6, 6.07) is 0. The molecular weight excluding hydrogens is 335 g/mol. The molecule has 1 unspecified atom stereocenters. The number of phosphoric acid groups is 1. The average molecular weight is 368 g/mol. The summed E-state index contributed by atoms with van der Waals surface area (Å²) in [6.45, 7) is 2.80. The van der Waals surface area contributed by atoms with Crippen LogP contribution in [0.2, 0.25) is 0 Å². The zero-order valence-electron chi connectivity index (χ0n) is 14.9. The monoisotopic (exact) mass is 368 g/mol. The van der Waals surface area contributed by atoms with Crippen LogP contribution in [0.5, 0.6) is 0 Å². The van der Waals surface area contributed by atoms with Crippen molar-refractivity contribution in [2.24, 2.45) is 5.73 Å². The summed E-state index contributed by atoms with van der Waals surface area (Å²) in [6.07, 6.45) is 4.78. The van der Waals surface area contributed by atoms with Crippen molar-refractivity contribution in [3.63, 3.8) is 0 Å². The summed E-state index contributed by atoms with van der Waals surface area (Å²) in [5.74, 6) is 0.273. The van der Waals surface area contributed by atoms with Crippen LogP contribution < -0.4 is 10.6 Å². The van der Waals surface area contributed by atoms with Crippen LogP contribution in [0, 0.1) is 0 Å². The van der Waals surface area contributed by atoms with E-state index in [-0.39, 0.29) is 12.4 Å². The van der Waals surface area contributed by atoms with Gasteiger partial charge in [-0.05, 0) is 25.8 Å². The van der Waals surface area contributed by atoms with E-state index in [2.05, 4.69) is 4.52 Å². The van der Waals surface area contributed by atoms with E-state index in [1.54, 1.807) is 0 Å². The van der Waals surface area contributed by atoms with Crippen LogP contribution in [0.1, 0.15) is 38.5 Å². The van der Waals surface area contributed by atoms with Gasteiger partial charge in [-0.1, -0.05) is 6.42 Å². The predicted octanol–water partition coefficient (Wildman–Crippen LogP) is 0.425. The highest BCUT2D eigenvalue weighted by molar-refractivity contribution is 7.44. The van der Waals surface area contributed by atoms with E-state index in [4.69, 9.17) is 15.4 Å². The Labute approximate surface area is 145 Å². The van der Waals surface area contributed by atoms with Crippen molar-refractivity contribution in [2.45, 2.75) is 38.5 Å². The molecule has 0 saturated heterocycles. The van der Waals surface area contributed by atoms with Gasteiger partial charge in [0.25, 0.3) is 7.82 Å². The SMILES string of the molecule is C[N+](C)(CCOCCCC(=O)CCCCCN)CCOP(=O)([O-])O. The molecule has 0 fully saturated rings. The number of ether oxygens (including phenoxy) is 1. The quantitative estimate of drug-likeness (QED) is 0.230. The molecule has 0 aliphatic carbocycles. The number of Topliss-reactive ketones (excluding diaryl/α,β-unsaturated/α-hetero) is 1. The predicted molar refractivity (Wildman–Crippen MR) is 90.2 cm³/mol. The second kappa shape index (κ2) is 12.9. The van der Waals surface area contributed by atoms with E-state index < -0.39 is 7.82 Å². The second-order valence-corrected chi connectivity index (χ2v) is 7.73. The van der Waals surface area contributed by atoms with Crippen LogP contribution in [0.4, 0.5) is 0 Å². The summed E-state index contributed by atoms with van der Waals surface area (Å²) in [5, 5.41) is 0. The van der Waals surface area contributed by atoms with E-state index in [0.29, 0.717) is 50.2 Å². The van der Waals surface area contributed by atoms with Crippen LogP contribution in [-0.4, -0.2) is 68.7 Å². The topological polar surface area (TPSA) is 122 Å². The molecular formula is C15H33N2O6P. The Morgan fingerprint density at radius 3 is 2.33 bits per heavy atom. The number of hydrogen-bond acceptors (Lipinski definition) is 6. The first kappa shape index (κ1) is 23.7. The fraction of sp³-hybridized carbons (Fsp3) is 0.933. The summed E-state index contributed by atoms with van der Waals surface area (Å²) in [4.78, 5) is 30.7. The number of phosphoric ester groups is 1. The molecule has 0 heterocycles. The third-order valence-corrected chi connectivity index (χ3v) is 4.20. The van der Waals surface area contributed by atoms with Crippen molar-refractivity contribution in [3.8, 4) is 0 Å². The molecule has 0 bridgehead atoms. The molecule has 3 N–H and O–H groups in total. The summed E-state index contributed by atoms with van der Waals surface area (Å²) in [5.41, 5.74) is 5.40. The Kier molecular flexibility index (Phi) is 12.8. The highest BCUT2D eigenvalue weighted by atomic mass is 31.2. The molecule has 1 atom stereocenters. The number of carbonyl (C=O) groups excluding carboxylic acids is 1. The first-order valence-corrected chi connectivity index (χ1v) is 9.96. The van der Waals surface area contributed by atoms with Crippen LogP contribution >= 0.6 is 7.82 Å². The van der Waals surface area contributed by atoms with Crippen molar-refractivity contribution in [2.75, 3.05) is 53.6 Å². The van der Waals surface area contributed by atoms with E-state index in [1.165, 1.54) is 0 Å². The minimum absolute atomic E-state index is 0.0665. The number of hydrogen-bond donors (Lipinski definition) is 2. The van der Waals surface area contributed by atoms with Crippen molar-refractivity contribution in [3.05, 3.63) is 0 Å². The van der Waals surface area contributed by atoms with Gasteiger partial charge in [0.15, 0.2) is 0 Å². The van der Waals surface area contributed by atoms with Crippen LogP contribution in [0.3, 0.4) is 0 Å². The highest BCUT2D eigenvalue weighted by Gasteiger charge is 2.16. The standard InChI is InChI=1S/C15H33N2O6P/c1-17(2,11-14-23-24(19,20)21)10-13-22-12-6-8-15(18)7-4-3-5-9-16/h3-14,16H2,1-2H3,(H-,19,20,21). The summed E-state index contributed by atoms with van der Waals surface area (Å²) >= 11 is 0. The molecule has 0 aliphatic heterocycles. The van der Waals surface area contributed by atoms with Gasteiger partial charge in [0.2, 0.25) is 0 Å². The van der Waals surface area contributed by atoms with Gasteiger partial charge in [0.1, 0.15) is 25.5 Å². The second-order valence-electron chi connectivity index (χ2n) is 6.54. The van der Waals surface area contributed by atoms with Gasteiger partial charge in [0.05, 0.1) is 20.7 Å². The van der Waals surface area contributed by atoms with E-state index in [0.717, 1.165) is 25.7 Å². The Hall–Kier alpha value is -0.340. The maximum absolute atomic E-state index is 11.6. The van der Waals surface area contributed by atoms with Gasteiger partial charge in [-0.25, -0.2) is 0 Å². The molecule has 0 saturated carbocycles. The summed E-state index contributed by atoms with van der Waals surface area (Å²) < 4.78 is 20.9. The number of carbonyl (C=O) groups is 1. The van der Waals surface area contributed by atoms with Crippen LogP contribution in [-0.2, 0) is 18.6 Å². The van der Waals surface area contributed by atoms with Gasteiger partial charge >= 0.3 is 0 Å². The zero-order chi connectivity index (χ0) is 18.5. The number of ketones is 1. The maximum Gasteiger partial charge on any atom is 0.265 e. The number of nitrogens with two attached hydrogens (primary N) is 1. The third-order valence-electron chi connectivity index (χ3n) is 3.70. The molecule has 0 radical (unpaired) electrons. The van der Waals surface area contributed by atoms with Crippen molar-refractivity contribution in [1.29, 1.82) is 0 Å². The molecule has 24 heavy (non-hydrogen) atoms. The lowest BCUT2D eigenvalue weighted by atomic mass is 10.1. The lowest BCUT2D eigenvalue weighted by Crippen LogP contribution is -2.44. The van der Waals surface area contributed by atoms with Crippen molar-refractivity contribution in [1.82, 2.24) is 0 Å². The van der Waals surface area contributed by atoms with Crippen LogP contribution in [0.25, 0.3) is 0 Å². The number of unbranched alkanes of at least 4 members (excludes halogenated alkanes) is 2. The van der Waals surface area contributed by atoms with Gasteiger partial charge in [-0.2, -0.15) is 0 Å². The highest BCUT2D eigenvalue weighted by Crippen LogP contribution is 2.29. The normalized spacial score (nSPS) is 14.5. The molecule has 144 valence electrons. The number of rotatable bonds is 16. The first-order valence-electron chi connectivity index (χ1n) is 8.46. The molecule has 0 aliphatic rings. The summed E-state index contributed by atoms with van der Waals surface area (Å²) in [7, 11) is -0.801. The minimum atomic E-state index is -4.64. The number of quaternary nitrogens is 1. The Balaban J connectivity index is 3.57. The van der Waals surface area contributed by atoms with Crippen LogP contribution in [0.15, 0.2) is 0 Å². The van der Waals surface area contributed by atoms with Gasteiger partial charge in [0, 0.05) is 19.4 Å². The molecule has 0 rings (SSSR count). The fourth-order valence-corrected chi connectivity index (χ4v) is 2.38. The number of nitrogens with zero attached hydrogens (tertiary/aromatic N) is 1. The Bertz CT molecular complexity index is 386. The smallest absolute Gasteiger partial charge is 0.265 e. The van der Waals surface area contributed by atoms with Gasteiger partial charge in [-0.3, -0.25) is 9.36 Å². The maximum atomic E-state index is 11.6.